The zero-order valence-electron chi connectivity index (χ0n) is 8.68. The van der Waals surface area contributed by atoms with E-state index in [-0.39, 0.29) is 24.6 Å². The first kappa shape index (κ1) is 12.0. The zero-order chi connectivity index (χ0) is 11.3. The molecule has 86 valence electrons. The third kappa shape index (κ3) is 3.53. The van der Waals surface area contributed by atoms with Gasteiger partial charge in [-0.25, -0.2) is 4.79 Å². The van der Waals surface area contributed by atoms with Gasteiger partial charge in [0.1, 0.15) is 6.10 Å². The van der Waals surface area contributed by atoms with Gasteiger partial charge in [0.25, 0.3) is 0 Å². The summed E-state index contributed by atoms with van der Waals surface area (Å²) in [5.74, 6) is -1.04. The Kier molecular flexibility index (Phi) is 4.58. The Hall–Kier alpha value is -1.07. The van der Waals surface area contributed by atoms with Crippen molar-refractivity contribution in [2.45, 2.75) is 31.5 Å². The monoisotopic (exact) mass is 216 g/mol. The molecule has 5 heteroatoms. The Morgan fingerprint density at radius 2 is 2.53 bits per heavy atom. The van der Waals surface area contributed by atoms with Crippen LogP contribution in [-0.2, 0) is 14.3 Å². The van der Waals surface area contributed by atoms with Crippen LogP contribution in [0.25, 0.3) is 0 Å². The van der Waals surface area contributed by atoms with E-state index in [0.29, 0.717) is 12.8 Å². The quantitative estimate of drug-likeness (QED) is 0.701. The molecule has 0 aromatic rings. The minimum absolute atomic E-state index is 0.000886. The van der Waals surface area contributed by atoms with E-state index in [1.165, 1.54) is 7.11 Å². The van der Waals surface area contributed by atoms with Gasteiger partial charge in [0.15, 0.2) is 0 Å². The number of aliphatic hydroxyl groups is 1. The van der Waals surface area contributed by atoms with Crippen LogP contribution in [0.15, 0.2) is 11.8 Å². The van der Waals surface area contributed by atoms with Gasteiger partial charge in [-0.1, -0.05) is 0 Å². The van der Waals surface area contributed by atoms with E-state index < -0.39 is 5.97 Å². The van der Waals surface area contributed by atoms with Crippen LogP contribution in [0.3, 0.4) is 0 Å². The van der Waals surface area contributed by atoms with Crippen LogP contribution in [0, 0.1) is 0 Å². The Bertz CT molecular complexity index is 244. The van der Waals surface area contributed by atoms with Crippen molar-refractivity contribution < 1.29 is 24.5 Å². The third-order valence-corrected chi connectivity index (χ3v) is 2.39. The van der Waals surface area contributed by atoms with Gasteiger partial charge in [-0.15, -0.1) is 0 Å². The summed E-state index contributed by atoms with van der Waals surface area (Å²) >= 11 is 0. The highest BCUT2D eigenvalue weighted by atomic mass is 16.5. The average Bonchev–Trinajstić information content (AvgIpc) is 2.26. The fourth-order valence-electron chi connectivity index (χ4n) is 1.53. The number of aliphatic carboxylic acids is 1. The SMILES string of the molecule is CO[C@@H](CO)CC1CCC=C(C(=O)O)O1. The predicted octanol–water partition coefficient (Wildman–Crippen LogP) is 0.531. The van der Waals surface area contributed by atoms with Crippen LogP contribution >= 0.6 is 0 Å². The van der Waals surface area contributed by atoms with Gasteiger partial charge in [-0.05, 0) is 18.9 Å². The Morgan fingerprint density at radius 3 is 3.07 bits per heavy atom. The van der Waals surface area contributed by atoms with Crippen LogP contribution in [0.2, 0.25) is 0 Å². The summed E-state index contributed by atoms with van der Waals surface area (Å²) in [7, 11) is 1.51. The number of aliphatic hydroxyl groups excluding tert-OH is 1. The molecule has 0 bridgehead atoms. The minimum Gasteiger partial charge on any atom is -0.483 e. The van der Waals surface area contributed by atoms with E-state index >= 15 is 0 Å². The van der Waals surface area contributed by atoms with Gasteiger partial charge in [-0.3, -0.25) is 0 Å². The second kappa shape index (κ2) is 5.72. The maximum Gasteiger partial charge on any atom is 0.370 e. The molecule has 0 amide bonds. The largest absolute Gasteiger partial charge is 0.483 e. The van der Waals surface area contributed by atoms with E-state index in [0.717, 1.165) is 6.42 Å². The summed E-state index contributed by atoms with van der Waals surface area (Å²) in [5.41, 5.74) is 0. The maximum absolute atomic E-state index is 10.7. The Balaban J connectivity index is 2.46. The van der Waals surface area contributed by atoms with Crippen LogP contribution in [0.1, 0.15) is 19.3 Å². The van der Waals surface area contributed by atoms with Crippen LogP contribution in [0.5, 0.6) is 0 Å². The Morgan fingerprint density at radius 1 is 1.80 bits per heavy atom. The second-order valence-corrected chi connectivity index (χ2v) is 3.47. The van der Waals surface area contributed by atoms with Gasteiger partial charge in [0.2, 0.25) is 5.76 Å². The number of ether oxygens (including phenoxy) is 2. The standard InChI is InChI=1S/C10H16O5/c1-14-8(6-11)5-7-3-2-4-9(15-7)10(12)13/h4,7-8,11H,2-3,5-6H2,1H3,(H,12,13)/t7?,8-/m1/s1. The molecule has 0 fully saturated rings. The first-order chi connectivity index (χ1) is 7.17. The lowest BCUT2D eigenvalue weighted by molar-refractivity contribution is -0.138. The van der Waals surface area contributed by atoms with E-state index in [1.54, 1.807) is 6.08 Å². The fraction of sp³-hybridized carbons (Fsp3) is 0.700. The van der Waals surface area contributed by atoms with Crippen molar-refractivity contribution in [2.24, 2.45) is 0 Å². The maximum atomic E-state index is 10.7. The molecule has 1 aliphatic rings. The number of methoxy groups -OCH3 is 1. The van der Waals surface area contributed by atoms with Crippen molar-refractivity contribution in [1.82, 2.24) is 0 Å². The highest BCUT2D eigenvalue weighted by Gasteiger charge is 2.23. The van der Waals surface area contributed by atoms with Gasteiger partial charge >= 0.3 is 5.97 Å². The van der Waals surface area contributed by atoms with Gasteiger partial charge in [0, 0.05) is 13.5 Å². The molecule has 0 radical (unpaired) electrons. The molecule has 5 nitrogen and oxygen atoms in total. The third-order valence-electron chi connectivity index (χ3n) is 2.39. The smallest absolute Gasteiger partial charge is 0.370 e. The van der Waals surface area contributed by atoms with Crippen LogP contribution in [-0.4, -0.2) is 42.1 Å². The number of rotatable bonds is 5. The molecule has 0 spiro atoms. The lowest BCUT2D eigenvalue weighted by Crippen LogP contribution is -2.28. The molecule has 0 aromatic carbocycles. The molecule has 1 heterocycles. The van der Waals surface area contributed by atoms with Crippen molar-refractivity contribution in [3.8, 4) is 0 Å². The summed E-state index contributed by atoms with van der Waals surface area (Å²) in [4.78, 5) is 10.7. The van der Waals surface area contributed by atoms with Crippen LogP contribution in [0.4, 0.5) is 0 Å². The van der Waals surface area contributed by atoms with E-state index in [4.69, 9.17) is 19.7 Å². The molecule has 0 aliphatic carbocycles. The van der Waals surface area contributed by atoms with Gasteiger partial charge in [-0.2, -0.15) is 0 Å². The molecule has 1 aliphatic heterocycles. The fourth-order valence-corrected chi connectivity index (χ4v) is 1.53. The summed E-state index contributed by atoms with van der Waals surface area (Å²) in [5, 5.41) is 17.7. The summed E-state index contributed by atoms with van der Waals surface area (Å²) in [6.45, 7) is -0.0809. The minimum atomic E-state index is -1.04. The number of carbonyl (C=O) groups is 1. The normalized spacial score (nSPS) is 22.8. The molecule has 1 unspecified atom stereocenters. The first-order valence-electron chi connectivity index (χ1n) is 4.91. The summed E-state index contributed by atoms with van der Waals surface area (Å²) in [6, 6.07) is 0. The number of carboxylic acids is 1. The lowest BCUT2D eigenvalue weighted by atomic mass is 10.0. The number of hydrogen-bond acceptors (Lipinski definition) is 4. The van der Waals surface area contributed by atoms with Crippen molar-refractivity contribution in [3.63, 3.8) is 0 Å². The number of allylic oxidation sites excluding steroid dienone is 1. The molecule has 0 aromatic heterocycles. The van der Waals surface area contributed by atoms with Crippen molar-refractivity contribution in [2.75, 3.05) is 13.7 Å². The van der Waals surface area contributed by atoms with E-state index in [9.17, 15) is 4.79 Å². The first-order valence-corrected chi connectivity index (χ1v) is 4.91. The predicted molar refractivity (Wildman–Crippen MR) is 52.3 cm³/mol. The summed E-state index contributed by atoms with van der Waals surface area (Å²) in [6.07, 6.45) is 3.06. The highest BCUT2D eigenvalue weighted by molar-refractivity contribution is 5.84. The topological polar surface area (TPSA) is 76.0 Å². The van der Waals surface area contributed by atoms with Crippen molar-refractivity contribution in [3.05, 3.63) is 11.8 Å². The molecule has 15 heavy (non-hydrogen) atoms. The second-order valence-electron chi connectivity index (χ2n) is 3.47. The Labute approximate surface area is 88.3 Å². The molecular weight excluding hydrogens is 200 g/mol. The lowest BCUT2D eigenvalue weighted by Gasteiger charge is -2.25. The molecule has 2 atom stereocenters. The van der Waals surface area contributed by atoms with Gasteiger partial charge in [0.05, 0.1) is 12.7 Å². The van der Waals surface area contributed by atoms with Crippen LogP contribution < -0.4 is 0 Å². The molecule has 0 saturated heterocycles. The molecule has 2 N–H and O–H groups in total. The summed E-state index contributed by atoms with van der Waals surface area (Å²) < 4.78 is 10.3. The van der Waals surface area contributed by atoms with E-state index in [1.807, 2.05) is 0 Å². The number of hydrogen-bond donors (Lipinski definition) is 2. The van der Waals surface area contributed by atoms with Gasteiger partial charge < -0.3 is 19.7 Å². The van der Waals surface area contributed by atoms with Crippen molar-refractivity contribution in [1.29, 1.82) is 0 Å². The zero-order valence-corrected chi connectivity index (χ0v) is 8.68. The average molecular weight is 216 g/mol. The van der Waals surface area contributed by atoms with Crippen molar-refractivity contribution >= 4 is 5.97 Å². The number of carboxylic acid groups (broad SMARTS) is 1. The van der Waals surface area contributed by atoms with E-state index in [2.05, 4.69) is 0 Å². The highest BCUT2D eigenvalue weighted by Crippen LogP contribution is 2.21. The molecular formula is C10H16O5. The molecule has 0 saturated carbocycles. The molecule has 1 rings (SSSR count).